The summed E-state index contributed by atoms with van der Waals surface area (Å²) in [7, 11) is 0. The first-order valence-electron chi connectivity index (χ1n) is 25.6. The first-order valence-corrected chi connectivity index (χ1v) is 25.6. The van der Waals surface area contributed by atoms with Gasteiger partial charge in [0, 0.05) is 56.6 Å². The Hall–Kier alpha value is -6.78. The van der Waals surface area contributed by atoms with E-state index in [1.807, 2.05) is 0 Å². The molecule has 1 aliphatic carbocycles. The van der Waals surface area contributed by atoms with E-state index in [1.54, 1.807) is 0 Å². The van der Waals surface area contributed by atoms with Crippen LogP contribution in [0.25, 0.3) is 11.1 Å². The molecule has 2 aliphatic heterocycles. The van der Waals surface area contributed by atoms with E-state index in [4.69, 9.17) is 0 Å². The third-order valence-corrected chi connectivity index (χ3v) is 15.7. The van der Waals surface area contributed by atoms with E-state index in [-0.39, 0.29) is 28.4 Å². The highest BCUT2D eigenvalue weighted by Crippen LogP contribution is 2.53. The lowest BCUT2D eigenvalue weighted by atomic mass is 9.33. The summed E-state index contributed by atoms with van der Waals surface area (Å²) < 4.78 is 0. The van der Waals surface area contributed by atoms with E-state index in [2.05, 4.69) is 275 Å². The summed E-state index contributed by atoms with van der Waals surface area (Å²) in [6, 6.07) is 65.4. The van der Waals surface area contributed by atoms with Crippen LogP contribution in [-0.4, -0.2) is 6.71 Å². The smallest absolute Gasteiger partial charge is 0.252 e. The highest BCUT2D eigenvalue weighted by Gasteiger charge is 2.45. The van der Waals surface area contributed by atoms with Crippen LogP contribution in [0.5, 0.6) is 0 Å². The first-order chi connectivity index (χ1) is 33.2. The van der Waals surface area contributed by atoms with Gasteiger partial charge in [0.05, 0.1) is 0 Å². The number of anilines is 9. The van der Waals surface area contributed by atoms with Gasteiger partial charge in [-0.25, -0.2) is 0 Å². The van der Waals surface area contributed by atoms with Gasteiger partial charge in [0.2, 0.25) is 0 Å². The van der Waals surface area contributed by atoms with Crippen molar-refractivity contribution < 1.29 is 0 Å². The molecule has 0 bridgehead atoms. The molecule has 350 valence electrons. The molecule has 0 unspecified atom stereocenters. The second-order valence-corrected chi connectivity index (χ2v) is 24.2. The van der Waals surface area contributed by atoms with Crippen LogP contribution < -0.4 is 31.1 Å². The lowest BCUT2D eigenvalue weighted by Gasteiger charge is -2.46. The summed E-state index contributed by atoms with van der Waals surface area (Å²) in [4.78, 5) is 7.64. The van der Waals surface area contributed by atoms with Crippen molar-refractivity contribution >= 4 is 74.3 Å². The Kier molecular flexibility index (Phi) is 10.5. The molecule has 0 spiro atoms. The van der Waals surface area contributed by atoms with E-state index >= 15 is 0 Å². The summed E-state index contributed by atoms with van der Waals surface area (Å²) in [5, 5.41) is 0. The zero-order valence-corrected chi connectivity index (χ0v) is 43.7. The Labute approximate surface area is 418 Å². The molecule has 8 aromatic rings. The van der Waals surface area contributed by atoms with Gasteiger partial charge in [-0.3, -0.25) is 0 Å². The van der Waals surface area contributed by atoms with Gasteiger partial charge in [0.15, 0.2) is 0 Å². The molecule has 0 N–H and O–H groups in total. The molecular formula is C66H68BN3. The zero-order valence-electron chi connectivity index (χ0n) is 43.7. The lowest BCUT2D eigenvalue weighted by molar-refractivity contribution is 0.590. The largest absolute Gasteiger partial charge is 0.311 e. The number of fused-ring (bicyclic) bond motifs is 7. The van der Waals surface area contributed by atoms with E-state index in [0.29, 0.717) is 5.92 Å². The van der Waals surface area contributed by atoms with Gasteiger partial charge < -0.3 is 14.7 Å². The minimum atomic E-state index is -0.138. The number of rotatable bonds is 6. The molecule has 0 atom stereocenters. The van der Waals surface area contributed by atoms with E-state index in [9.17, 15) is 0 Å². The fourth-order valence-corrected chi connectivity index (χ4v) is 11.6. The maximum atomic E-state index is 2.61. The Morgan fingerprint density at radius 3 is 1.63 bits per heavy atom. The fourth-order valence-electron chi connectivity index (χ4n) is 11.6. The molecule has 0 amide bonds. The minimum absolute atomic E-state index is 0.0178. The van der Waals surface area contributed by atoms with Crippen LogP contribution in [0.15, 0.2) is 170 Å². The van der Waals surface area contributed by atoms with Crippen molar-refractivity contribution in [3.8, 4) is 11.1 Å². The highest BCUT2D eigenvalue weighted by atomic mass is 15.2. The molecule has 0 saturated carbocycles. The van der Waals surface area contributed by atoms with Crippen molar-refractivity contribution in [1.29, 1.82) is 0 Å². The number of para-hydroxylation sites is 1. The van der Waals surface area contributed by atoms with Crippen LogP contribution in [0.4, 0.5) is 51.2 Å². The second kappa shape index (κ2) is 16.1. The third-order valence-electron chi connectivity index (χ3n) is 15.7. The van der Waals surface area contributed by atoms with Gasteiger partial charge in [-0.2, -0.15) is 0 Å². The normalized spacial score (nSPS) is 14.5. The number of nitrogens with zero attached hydrogens (tertiary/aromatic N) is 3. The van der Waals surface area contributed by atoms with Crippen molar-refractivity contribution in [2.45, 2.75) is 118 Å². The Balaban J connectivity index is 1.21. The molecule has 3 nitrogen and oxygen atoms in total. The minimum Gasteiger partial charge on any atom is -0.311 e. The summed E-state index contributed by atoms with van der Waals surface area (Å²) in [6.07, 6.45) is 0. The molecule has 8 aromatic carbocycles. The molecule has 4 heteroatoms. The summed E-state index contributed by atoms with van der Waals surface area (Å²) >= 11 is 0. The maximum absolute atomic E-state index is 2.61. The average molecular weight is 914 g/mol. The van der Waals surface area contributed by atoms with Crippen molar-refractivity contribution in [2.75, 3.05) is 14.7 Å². The second-order valence-electron chi connectivity index (χ2n) is 24.2. The summed E-state index contributed by atoms with van der Waals surface area (Å²) in [5.74, 6) is 0.448. The third kappa shape index (κ3) is 7.40. The zero-order chi connectivity index (χ0) is 49.2. The fraction of sp³-hybridized carbons (Fsp3) is 0.273. The van der Waals surface area contributed by atoms with Crippen LogP contribution >= 0.6 is 0 Å². The van der Waals surface area contributed by atoms with Crippen LogP contribution in [0.1, 0.15) is 129 Å². The lowest BCUT2D eigenvalue weighted by Crippen LogP contribution is -2.61. The van der Waals surface area contributed by atoms with Gasteiger partial charge in [0.25, 0.3) is 6.71 Å². The van der Waals surface area contributed by atoms with Crippen LogP contribution in [0, 0.1) is 0 Å². The van der Waals surface area contributed by atoms with Crippen molar-refractivity contribution in [1.82, 2.24) is 0 Å². The van der Waals surface area contributed by atoms with Crippen LogP contribution in [0.3, 0.4) is 0 Å². The maximum Gasteiger partial charge on any atom is 0.252 e. The predicted octanol–water partition coefficient (Wildman–Crippen LogP) is 16.6. The van der Waals surface area contributed by atoms with Crippen molar-refractivity contribution in [2.24, 2.45) is 0 Å². The quantitative estimate of drug-likeness (QED) is 0.154. The summed E-state index contributed by atoms with van der Waals surface area (Å²) in [5.41, 5.74) is 25.1. The van der Waals surface area contributed by atoms with Gasteiger partial charge in [-0.1, -0.05) is 181 Å². The summed E-state index contributed by atoms with van der Waals surface area (Å²) in [6.45, 7) is 30.4. The Morgan fingerprint density at radius 1 is 0.429 bits per heavy atom. The van der Waals surface area contributed by atoms with E-state index < -0.39 is 0 Å². The molecule has 0 aromatic heterocycles. The van der Waals surface area contributed by atoms with Crippen LogP contribution in [-0.2, 0) is 21.7 Å². The SMILES string of the molecule is CC(C)c1ccc(N(c2ccccc2)c2ccc3c(c2)N(c2ccc(C(C)(C)C)cc2)c2cc(C(C)(C)C)cc4c2B3c2cc(C(C)(C)C)ccc2N4c2ccc3c(c2)C(C)(C)c2ccccc2-3)cc1. The molecule has 70 heavy (non-hydrogen) atoms. The first kappa shape index (κ1) is 45.7. The van der Waals surface area contributed by atoms with Crippen LogP contribution in [0.2, 0.25) is 0 Å². The average Bonchev–Trinajstić information content (AvgIpc) is 3.56. The molecule has 11 rings (SSSR count). The molecule has 3 aliphatic rings. The standard InChI is InChI=1S/C66H68BN3/c1-42(2)43-23-28-48(29-24-43)68(47-19-15-14-16-20-47)51-33-35-56-59(41-51)69(49-30-25-44(26-31-49)63(3,4)5)60-38-46(65(9,10)11)39-61-62(60)67(56)57-37-45(64(6,7)8)27-36-58(57)70(61)50-32-34-53-52-21-17-18-22-54(52)66(12,13)55(53)40-50/h14-42H,1-13H3. The topological polar surface area (TPSA) is 9.72 Å². The molecule has 2 heterocycles. The van der Waals surface area contributed by atoms with E-state index in [1.165, 1.54) is 89.3 Å². The number of benzene rings is 8. The van der Waals surface area contributed by atoms with Gasteiger partial charge in [0.1, 0.15) is 0 Å². The van der Waals surface area contributed by atoms with Gasteiger partial charge in [-0.15, -0.1) is 0 Å². The highest BCUT2D eigenvalue weighted by molar-refractivity contribution is 7.00. The Morgan fingerprint density at radius 2 is 0.986 bits per heavy atom. The molecular weight excluding hydrogens is 846 g/mol. The molecule has 0 saturated heterocycles. The predicted molar refractivity (Wildman–Crippen MR) is 303 cm³/mol. The van der Waals surface area contributed by atoms with Gasteiger partial charge >= 0.3 is 0 Å². The molecule has 0 radical (unpaired) electrons. The van der Waals surface area contributed by atoms with Crippen molar-refractivity contribution in [3.05, 3.63) is 203 Å². The van der Waals surface area contributed by atoms with Crippen molar-refractivity contribution in [3.63, 3.8) is 0 Å². The number of hydrogen-bond donors (Lipinski definition) is 0. The van der Waals surface area contributed by atoms with E-state index in [0.717, 1.165) is 22.7 Å². The molecule has 0 fully saturated rings. The van der Waals surface area contributed by atoms with Gasteiger partial charge in [-0.05, 0) is 162 Å². The number of hydrogen-bond acceptors (Lipinski definition) is 3. The monoisotopic (exact) mass is 914 g/mol. The Bertz CT molecular complexity index is 3320.